The summed E-state index contributed by atoms with van der Waals surface area (Å²) < 4.78 is 0. The molecule has 0 bridgehead atoms. The van der Waals surface area contributed by atoms with E-state index in [0.717, 1.165) is 23.1 Å². The zero-order chi connectivity index (χ0) is 12.3. The number of hydrogen-bond acceptors (Lipinski definition) is 2. The topological polar surface area (TPSA) is 20.3 Å². The summed E-state index contributed by atoms with van der Waals surface area (Å²) >= 11 is 0. The van der Waals surface area contributed by atoms with E-state index in [9.17, 15) is 4.79 Å². The SMILES string of the molecule is CN(C)c1cccc(-c2cccc(C=O)c2)c1. The highest BCUT2D eigenvalue weighted by Crippen LogP contribution is 2.24. The highest BCUT2D eigenvalue weighted by atomic mass is 16.1. The van der Waals surface area contributed by atoms with Crippen LogP contribution >= 0.6 is 0 Å². The molecule has 0 atom stereocenters. The smallest absolute Gasteiger partial charge is 0.150 e. The monoisotopic (exact) mass is 225 g/mol. The maximum atomic E-state index is 10.8. The van der Waals surface area contributed by atoms with Gasteiger partial charge in [-0.15, -0.1) is 0 Å². The minimum atomic E-state index is 0.706. The van der Waals surface area contributed by atoms with Gasteiger partial charge in [-0.3, -0.25) is 4.79 Å². The second-order valence-electron chi connectivity index (χ2n) is 4.19. The molecule has 0 N–H and O–H groups in total. The van der Waals surface area contributed by atoms with Gasteiger partial charge in [-0.1, -0.05) is 30.3 Å². The first-order valence-electron chi connectivity index (χ1n) is 5.54. The van der Waals surface area contributed by atoms with Crippen molar-refractivity contribution in [2.24, 2.45) is 0 Å². The lowest BCUT2D eigenvalue weighted by molar-refractivity contribution is 0.112. The Morgan fingerprint density at radius 1 is 0.941 bits per heavy atom. The number of aldehydes is 1. The minimum absolute atomic E-state index is 0.706. The summed E-state index contributed by atoms with van der Waals surface area (Å²) in [5, 5.41) is 0. The van der Waals surface area contributed by atoms with Gasteiger partial charge in [0.1, 0.15) is 6.29 Å². The molecule has 0 spiro atoms. The van der Waals surface area contributed by atoms with Crippen molar-refractivity contribution in [1.29, 1.82) is 0 Å². The Balaban J connectivity index is 2.45. The Morgan fingerprint density at radius 3 is 2.24 bits per heavy atom. The minimum Gasteiger partial charge on any atom is -0.378 e. The van der Waals surface area contributed by atoms with Crippen LogP contribution in [0.1, 0.15) is 10.4 Å². The van der Waals surface area contributed by atoms with Crippen LogP contribution in [0.4, 0.5) is 5.69 Å². The third kappa shape index (κ3) is 2.53. The fourth-order valence-corrected chi connectivity index (χ4v) is 1.76. The van der Waals surface area contributed by atoms with Crippen molar-refractivity contribution in [2.75, 3.05) is 19.0 Å². The van der Waals surface area contributed by atoms with Crippen molar-refractivity contribution in [3.63, 3.8) is 0 Å². The molecule has 2 heteroatoms. The summed E-state index contributed by atoms with van der Waals surface area (Å²) in [5.41, 5.74) is 4.05. The maximum Gasteiger partial charge on any atom is 0.150 e. The fraction of sp³-hybridized carbons (Fsp3) is 0.133. The van der Waals surface area contributed by atoms with Gasteiger partial charge in [-0.2, -0.15) is 0 Å². The van der Waals surface area contributed by atoms with Crippen LogP contribution in [0, 0.1) is 0 Å². The number of rotatable bonds is 3. The van der Waals surface area contributed by atoms with E-state index in [0.29, 0.717) is 5.56 Å². The fourth-order valence-electron chi connectivity index (χ4n) is 1.76. The van der Waals surface area contributed by atoms with Gasteiger partial charge in [0.05, 0.1) is 0 Å². The quantitative estimate of drug-likeness (QED) is 0.747. The molecule has 0 saturated carbocycles. The highest BCUT2D eigenvalue weighted by molar-refractivity contribution is 5.79. The first-order chi connectivity index (χ1) is 8.20. The van der Waals surface area contributed by atoms with Gasteiger partial charge in [-0.25, -0.2) is 0 Å². The first-order valence-corrected chi connectivity index (χ1v) is 5.54. The molecule has 2 aromatic rings. The molecule has 0 fully saturated rings. The number of carbonyl (C=O) groups excluding carboxylic acids is 1. The molecule has 2 nitrogen and oxygen atoms in total. The second-order valence-corrected chi connectivity index (χ2v) is 4.19. The molecule has 0 amide bonds. The Morgan fingerprint density at radius 2 is 1.59 bits per heavy atom. The Labute approximate surface area is 102 Å². The van der Waals surface area contributed by atoms with Crippen LogP contribution in [-0.4, -0.2) is 20.4 Å². The summed E-state index contributed by atoms with van der Waals surface area (Å²) in [6, 6.07) is 15.9. The molecule has 0 aliphatic carbocycles. The van der Waals surface area contributed by atoms with Gasteiger partial charge in [0.25, 0.3) is 0 Å². The van der Waals surface area contributed by atoms with Crippen LogP contribution in [0.2, 0.25) is 0 Å². The van der Waals surface area contributed by atoms with E-state index in [4.69, 9.17) is 0 Å². The molecule has 0 aromatic heterocycles. The molecule has 86 valence electrons. The first kappa shape index (κ1) is 11.4. The third-order valence-electron chi connectivity index (χ3n) is 2.72. The summed E-state index contributed by atoms with van der Waals surface area (Å²) in [4.78, 5) is 12.8. The summed E-state index contributed by atoms with van der Waals surface area (Å²) in [6.07, 6.45) is 0.874. The Bertz CT molecular complexity index is 532. The predicted octanol–water partition coefficient (Wildman–Crippen LogP) is 3.23. The highest BCUT2D eigenvalue weighted by Gasteiger charge is 2.01. The molecule has 2 aromatic carbocycles. The molecular weight excluding hydrogens is 210 g/mol. The van der Waals surface area contributed by atoms with Crippen molar-refractivity contribution >= 4 is 12.0 Å². The van der Waals surface area contributed by atoms with Crippen LogP contribution in [0.25, 0.3) is 11.1 Å². The van der Waals surface area contributed by atoms with Crippen molar-refractivity contribution in [1.82, 2.24) is 0 Å². The van der Waals surface area contributed by atoms with Crippen LogP contribution < -0.4 is 4.90 Å². The second kappa shape index (κ2) is 4.83. The number of benzene rings is 2. The lowest BCUT2D eigenvalue weighted by atomic mass is 10.0. The number of carbonyl (C=O) groups is 1. The van der Waals surface area contributed by atoms with E-state index < -0.39 is 0 Å². The van der Waals surface area contributed by atoms with E-state index in [1.165, 1.54) is 0 Å². The summed E-state index contributed by atoms with van der Waals surface area (Å²) in [7, 11) is 4.03. The molecule has 0 aliphatic heterocycles. The van der Waals surface area contributed by atoms with Gasteiger partial charge in [0.2, 0.25) is 0 Å². The standard InChI is InChI=1S/C15H15NO/c1-16(2)15-8-4-7-14(10-15)13-6-3-5-12(9-13)11-17/h3-11H,1-2H3. The zero-order valence-electron chi connectivity index (χ0n) is 10.1. The van der Waals surface area contributed by atoms with E-state index >= 15 is 0 Å². The average molecular weight is 225 g/mol. The molecule has 2 rings (SSSR count). The van der Waals surface area contributed by atoms with Crippen molar-refractivity contribution in [3.05, 3.63) is 54.1 Å². The molecular formula is C15H15NO. The Hall–Kier alpha value is -2.09. The third-order valence-corrected chi connectivity index (χ3v) is 2.72. The van der Waals surface area contributed by atoms with Gasteiger partial charge < -0.3 is 4.90 Å². The number of nitrogens with zero attached hydrogens (tertiary/aromatic N) is 1. The van der Waals surface area contributed by atoms with Gasteiger partial charge in [-0.05, 0) is 29.3 Å². The van der Waals surface area contributed by atoms with Gasteiger partial charge in [0.15, 0.2) is 0 Å². The molecule has 0 aliphatic rings. The molecule has 0 saturated heterocycles. The molecule has 17 heavy (non-hydrogen) atoms. The Kier molecular flexibility index (Phi) is 3.24. The van der Waals surface area contributed by atoms with Crippen LogP contribution in [0.15, 0.2) is 48.5 Å². The van der Waals surface area contributed by atoms with Crippen LogP contribution in [0.3, 0.4) is 0 Å². The summed E-state index contributed by atoms with van der Waals surface area (Å²) in [6.45, 7) is 0. The normalized spacial score (nSPS) is 10.0. The van der Waals surface area contributed by atoms with Crippen molar-refractivity contribution in [2.45, 2.75) is 0 Å². The van der Waals surface area contributed by atoms with Gasteiger partial charge >= 0.3 is 0 Å². The lowest BCUT2D eigenvalue weighted by Gasteiger charge is -2.13. The molecule has 0 radical (unpaired) electrons. The maximum absolute atomic E-state index is 10.8. The van der Waals surface area contributed by atoms with Gasteiger partial charge in [0, 0.05) is 25.3 Å². The average Bonchev–Trinajstić information content (AvgIpc) is 2.39. The van der Waals surface area contributed by atoms with Crippen molar-refractivity contribution in [3.8, 4) is 11.1 Å². The largest absolute Gasteiger partial charge is 0.378 e. The lowest BCUT2D eigenvalue weighted by Crippen LogP contribution is -2.08. The zero-order valence-corrected chi connectivity index (χ0v) is 10.1. The molecule has 0 unspecified atom stereocenters. The number of anilines is 1. The summed E-state index contributed by atoms with van der Waals surface area (Å²) in [5.74, 6) is 0. The van der Waals surface area contributed by atoms with E-state index in [-0.39, 0.29) is 0 Å². The molecule has 0 heterocycles. The van der Waals surface area contributed by atoms with Crippen molar-refractivity contribution < 1.29 is 4.79 Å². The van der Waals surface area contributed by atoms with Crippen LogP contribution in [-0.2, 0) is 0 Å². The van der Waals surface area contributed by atoms with E-state index in [1.54, 1.807) is 0 Å². The van der Waals surface area contributed by atoms with E-state index in [1.807, 2.05) is 44.4 Å². The number of hydrogen-bond donors (Lipinski definition) is 0. The predicted molar refractivity (Wildman–Crippen MR) is 71.6 cm³/mol. The van der Waals surface area contributed by atoms with E-state index in [2.05, 4.69) is 23.1 Å². The van der Waals surface area contributed by atoms with Crippen LogP contribution in [0.5, 0.6) is 0 Å².